The summed E-state index contributed by atoms with van der Waals surface area (Å²) in [7, 11) is 0. The monoisotopic (exact) mass is 348 g/mol. The second kappa shape index (κ2) is 6.69. The Labute approximate surface area is 116 Å². The summed E-state index contributed by atoms with van der Waals surface area (Å²) in [5.41, 5.74) is 1.09. The molecule has 0 aliphatic heterocycles. The van der Waals surface area contributed by atoms with Gasteiger partial charge in [0.25, 0.3) is 0 Å². The van der Waals surface area contributed by atoms with Crippen LogP contribution in [0.3, 0.4) is 0 Å². The van der Waals surface area contributed by atoms with Gasteiger partial charge in [0.2, 0.25) is 0 Å². The van der Waals surface area contributed by atoms with E-state index in [1.807, 2.05) is 12.1 Å². The SMILES string of the molecule is Fc1ccc(C(CI)OC2CCCCC2)cc1. The van der Waals surface area contributed by atoms with E-state index in [1.54, 1.807) is 0 Å². The Kier molecular flexibility index (Phi) is 5.22. The van der Waals surface area contributed by atoms with E-state index < -0.39 is 0 Å². The minimum Gasteiger partial charge on any atom is -0.369 e. The minimum absolute atomic E-state index is 0.110. The van der Waals surface area contributed by atoms with Gasteiger partial charge in [-0.25, -0.2) is 4.39 Å². The Balaban J connectivity index is 1.97. The molecule has 0 N–H and O–H groups in total. The molecule has 1 nitrogen and oxygen atoms in total. The fraction of sp³-hybridized carbons (Fsp3) is 0.571. The Morgan fingerprint density at radius 1 is 1.18 bits per heavy atom. The lowest BCUT2D eigenvalue weighted by molar-refractivity contribution is -0.0185. The molecule has 0 spiro atoms. The van der Waals surface area contributed by atoms with Gasteiger partial charge in [0, 0.05) is 4.43 Å². The minimum atomic E-state index is -0.182. The van der Waals surface area contributed by atoms with Crippen LogP contribution in [0, 0.1) is 5.82 Å². The van der Waals surface area contributed by atoms with E-state index in [0.29, 0.717) is 6.10 Å². The van der Waals surface area contributed by atoms with Crippen molar-refractivity contribution in [3.8, 4) is 0 Å². The lowest BCUT2D eigenvalue weighted by Gasteiger charge is -2.27. The summed E-state index contributed by atoms with van der Waals surface area (Å²) in [5.74, 6) is -0.182. The molecule has 0 heterocycles. The van der Waals surface area contributed by atoms with Gasteiger partial charge in [0.05, 0.1) is 12.2 Å². The van der Waals surface area contributed by atoms with Gasteiger partial charge in [-0.15, -0.1) is 0 Å². The van der Waals surface area contributed by atoms with E-state index >= 15 is 0 Å². The summed E-state index contributed by atoms with van der Waals surface area (Å²) in [6.45, 7) is 0. The lowest BCUT2D eigenvalue weighted by atomic mass is 9.97. The molecular weight excluding hydrogens is 330 g/mol. The van der Waals surface area contributed by atoms with Gasteiger partial charge in [-0.05, 0) is 30.5 Å². The summed E-state index contributed by atoms with van der Waals surface area (Å²) in [4.78, 5) is 0. The predicted octanol–water partition coefficient (Wildman–Crippen LogP) is 4.65. The Bertz CT molecular complexity index is 333. The molecule has 0 radical (unpaired) electrons. The third-order valence-corrected chi connectivity index (χ3v) is 4.09. The van der Waals surface area contributed by atoms with Crippen LogP contribution in [0.25, 0.3) is 0 Å². The zero-order valence-electron chi connectivity index (χ0n) is 9.87. The highest BCUT2D eigenvalue weighted by molar-refractivity contribution is 14.1. The first-order chi connectivity index (χ1) is 8.29. The molecule has 1 atom stereocenters. The van der Waals surface area contributed by atoms with E-state index in [0.717, 1.165) is 9.99 Å². The van der Waals surface area contributed by atoms with Crippen LogP contribution < -0.4 is 0 Å². The van der Waals surface area contributed by atoms with Gasteiger partial charge < -0.3 is 4.74 Å². The van der Waals surface area contributed by atoms with Gasteiger partial charge in [0.1, 0.15) is 5.82 Å². The first-order valence-electron chi connectivity index (χ1n) is 6.26. The van der Waals surface area contributed by atoms with Crippen molar-refractivity contribution in [1.82, 2.24) is 0 Å². The van der Waals surface area contributed by atoms with Crippen LogP contribution in [-0.2, 0) is 4.74 Å². The molecule has 1 aromatic carbocycles. The molecule has 0 bridgehead atoms. The first-order valence-corrected chi connectivity index (χ1v) is 7.79. The van der Waals surface area contributed by atoms with Crippen molar-refractivity contribution in [2.45, 2.75) is 44.3 Å². The number of hydrogen-bond donors (Lipinski definition) is 0. The fourth-order valence-electron chi connectivity index (χ4n) is 2.31. The summed E-state index contributed by atoms with van der Waals surface area (Å²) in [6, 6.07) is 6.70. The van der Waals surface area contributed by atoms with Crippen LogP contribution in [0.4, 0.5) is 4.39 Å². The molecule has 1 saturated carbocycles. The predicted molar refractivity (Wildman–Crippen MR) is 76.0 cm³/mol. The fourth-order valence-corrected chi connectivity index (χ4v) is 3.03. The summed E-state index contributed by atoms with van der Waals surface area (Å²) in [6.07, 6.45) is 6.76. The zero-order chi connectivity index (χ0) is 12.1. The average Bonchev–Trinajstić information content (AvgIpc) is 2.38. The Morgan fingerprint density at radius 2 is 1.82 bits per heavy atom. The van der Waals surface area contributed by atoms with E-state index in [9.17, 15) is 4.39 Å². The van der Waals surface area contributed by atoms with Crippen LogP contribution in [0.15, 0.2) is 24.3 Å². The van der Waals surface area contributed by atoms with Crippen LogP contribution in [0.5, 0.6) is 0 Å². The summed E-state index contributed by atoms with van der Waals surface area (Å²) >= 11 is 2.34. The van der Waals surface area contributed by atoms with Crippen LogP contribution in [-0.4, -0.2) is 10.5 Å². The van der Waals surface area contributed by atoms with E-state index in [4.69, 9.17) is 4.74 Å². The number of halogens is 2. The van der Waals surface area contributed by atoms with Crippen LogP contribution >= 0.6 is 22.6 Å². The van der Waals surface area contributed by atoms with E-state index in [2.05, 4.69) is 22.6 Å². The average molecular weight is 348 g/mol. The van der Waals surface area contributed by atoms with Crippen LogP contribution in [0.1, 0.15) is 43.8 Å². The first kappa shape index (κ1) is 13.3. The number of benzene rings is 1. The lowest BCUT2D eigenvalue weighted by Crippen LogP contribution is -2.20. The van der Waals surface area contributed by atoms with Gasteiger partial charge >= 0.3 is 0 Å². The molecule has 1 aliphatic carbocycles. The second-order valence-electron chi connectivity index (χ2n) is 4.59. The third kappa shape index (κ3) is 3.91. The normalized spacial score (nSPS) is 19.2. The van der Waals surface area contributed by atoms with Gasteiger partial charge in [-0.3, -0.25) is 0 Å². The molecule has 94 valence electrons. The highest BCUT2D eigenvalue weighted by Gasteiger charge is 2.19. The van der Waals surface area contributed by atoms with Crippen molar-refractivity contribution >= 4 is 22.6 Å². The topological polar surface area (TPSA) is 9.23 Å². The standard InChI is InChI=1S/C14H18FIO/c15-12-8-6-11(7-9-12)14(10-16)17-13-4-2-1-3-5-13/h6-9,13-14H,1-5,10H2. The molecular formula is C14H18FIO. The highest BCUT2D eigenvalue weighted by Crippen LogP contribution is 2.28. The third-order valence-electron chi connectivity index (χ3n) is 3.29. The molecule has 1 aromatic rings. The molecule has 1 fully saturated rings. The van der Waals surface area contributed by atoms with Gasteiger partial charge in [0.15, 0.2) is 0 Å². The van der Waals surface area contributed by atoms with Crippen molar-refractivity contribution in [2.75, 3.05) is 4.43 Å². The van der Waals surface area contributed by atoms with Crippen molar-refractivity contribution in [1.29, 1.82) is 0 Å². The van der Waals surface area contributed by atoms with E-state index in [-0.39, 0.29) is 11.9 Å². The maximum Gasteiger partial charge on any atom is 0.123 e. The zero-order valence-corrected chi connectivity index (χ0v) is 12.0. The molecule has 1 unspecified atom stereocenters. The molecule has 0 saturated heterocycles. The maximum atomic E-state index is 12.9. The number of ether oxygens (including phenoxy) is 1. The molecule has 1 aliphatic rings. The van der Waals surface area contributed by atoms with Crippen molar-refractivity contribution < 1.29 is 9.13 Å². The number of rotatable bonds is 4. The highest BCUT2D eigenvalue weighted by atomic mass is 127. The summed E-state index contributed by atoms with van der Waals surface area (Å²) in [5, 5.41) is 0. The largest absolute Gasteiger partial charge is 0.369 e. The smallest absolute Gasteiger partial charge is 0.123 e. The van der Waals surface area contributed by atoms with Crippen molar-refractivity contribution in [3.05, 3.63) is 35.6 Å². The van der Waals surface area contributed by atoms with Crippen molar-refractivity contribution in [3.63, 3.8) is 0 Å². The molecule has 0 aromatic heterocycles. The molecule has 17 heavy (non-hydrogen) atoms. The summed E-state index contributed by atoms with van der Waals surface area (Å²) < 4.78 is 19.9. The maximum absolute atomic E-state index is 12.9. The number of hydrogen-bond acceptors (Lipinski definition) is 1. The molecule has 3 heteroatoms. The molecule has 0 amide bonds. The van der Waals surface area contributed by atoms with Crippen molar-refractivity contribution in [2.24, 2.45) is 0 Å². The van der Waals surface area contributed by atoms with Crippen LogP contribution in [0.2, 0.25) is 0 Å². The quantitative estimate of drug-likeness (QED) is 0.569. The van der Waals surface area contributed by atoms with Gasteiger partial charge in [-0.1, -0.05) is 54.0 Å². The number of alkyl halides is 1. The Hall–Kier alpha value is -0.160. The van der Waals surface area contributed by atoms with Gasteiger partial charge in [-0.2, -0.15) is 0 Å². The van der Waals surface area contributed by atoms with E-state index in [1.165, 1.54) is 44.2 Å². The molecule has 2 rings (SSSR count). The Morgan fingerprint density at radius 3 is 2.41 bits per heavy atom. The second-order valence-corrected chi connectivity index (χ2v) is 5.47.